The zero-order chi connectivity index (χ0) is 18.6. The summed E-state index contributed by atoms with van der Waals surface area (Å²) in [5.41, 5.74) is 2.01. The molecule has 8 heteroatoms. The molecule has 0 bridgehead atoms. The van der Waals surface area contributed by atoms with E-state index in [1.165, 1.54) is 23.5 Å². The van der Waals surface area contributed by atoms with Crippen LogP contribution in [0.25, 0.3) is 16.4 Å². The zero-order valence-corrected chi connectivity index (χ0v) is 14.9. The Labute approximate surface area is 158 Å². The molecule has 0 radical (unpaired) electrons. The average molecular weight is 379 g/mol. The second kappa shape index (κ2) is 7.46. The Morgan fingerprint density at radius 3 is 2.81 bits per heavy atom. The Hall–Kier alpha value is -3.39. The number of rotatable bonds is 5. The Morgan fingerprint density at radius 2 is 2.04 bits per heavy atom. The number of nitrogens with zero attached hydrogens (tertiary/aromatic N) is 4. The lowest BCUT2D eigenvalue weighted by atomic mass is 10.2. The van der Waals surface area contributed by atoms with E-state index < -0.39 is 0 Å². The molecule has 0 spiro atoms. The highest BCUT2D eigenvalue weighted by Gasteiger charge is 2.12. The molecule has 3 heterocycles. The highest BCUT2D eigenvalue weighted by Crippen LogP contribution is 2.23. The quantitative estimate of drug-likeness (QED) is 0.576. The molecule has 0 saturated heterocycles. The average Bonchev–Trinajstić information content (AvgIpc) is 3.39. The zero-order valence-electron chi connectivity index (χ0n) is 14.0. The van der Waals surface area contributed by atoms with Crippen LogP contribution in [0.15, 0.2) is 66.4 Å². The second-order valence-electron chi connectivity index (χ2n) is 5.70. The third kappa shape index (κ3) is 3.90. The van der Waals surface area contributed by atoms with E-state index in [0.717, 1.165) is 11.1 Å². The van der Waals surface area contributed by atoms with E-state index in [1.807, 2.05) is 18.2 Å². The number of hydrogen-bond acceptors (Lipinski definition) is 5. The van der Waals surface area contributed by atoms with Crippen LogP contribution in [0.4, 0.5) is 4.39 Å². The summed E-state index contributed by atoms with van der Waals surface area (Å²) in [6.07, 6.45) is 5.15. The smallest absolute Gasteiger partial charge is 0.271 e. The maximum absolute atomic E-state index is 13.0. The lowest BCUT2D eigenvalue weighted by Gasteiger charge is -2.06. The summed E-state index contributed by atoms with van der Waals surface area (Å²) in [6, 6.07) is 11.5. The van der Waals surface area contributed by atoms with Gasteiger partial charge in [0.1, 0.15) is 16.5 Å². The van der Waals surface area contributed by atoms with E-state index in [1.54, 1.807) is 40.8 Å². The van der Waals surface area contributed by atoms with E-state index in [2.05, 4.69) is 20.4 Å². The summed E-state index contributed by atoms with van der Waals surface area (Å²) < 4.78 is 14.7. The number of thiazole rings is 1. The SMILES string of the molecule is O=C(NCc1ccnc(-n2cccn2)c1)c1csc(-c2ccc(F)cc2)n1. The Balaban J connectivity index is 1.43. The first-order valence-corrected chi connectivity index (χ1v) is 9.01. The number of amides is 1. The van der Waals surface area contributed by atoms with Crippen molar-refractivity contribution >= 4 is 17.2 Å². The molecule has 0 atom stereocenters. The first-order chi connectivity index (χ1) is 13.2. The van der Waals surface area contributed by atoms with Gasteiger partial charge >= 0.3 is 0 Å². The Bertz CT molecular complexity index is 1060. The predicted octanol–water partition coefficient (Wildman–Crippen LogP) is 3.46. The van der Waals surface area contributed by atoms with Crippen LogP contribution in [-0.4, -0.2) is 25.7 Å². The fourth-order valence-electron chi connectivity index (χ4n) is 2.48. The fourth-order valence-corrected chi connectivity index (χ4v) is 3.28. The minimum absolute atomic E-state index is 0.267. The van der Waals surface area contributed by atoms with Crippen LogP contribution < -0.4 is 5.32 Å². The van der Waals surface area contributed by atoms with Crippen molar-refractivity contribution in [2.24, 2.45) is 0 Å². The molecule has 0 unspecified atom stereocenters. The summed E-state index contributed by atoms with van der Waals surface area (Å²) in [4.78, 5) is 21.0. The summed E-state index contributed by atoms with van der Waals surface area (Å²) in [5.74, 6) is 0.108. The van der Waals surface area contributed by atoms with Gasteiger partial charge in [-0.1, -0.05) is 0 Å². The van der Waals surface area contributed by atoms with Crippen LogP contribution in [0.2, 0.25) is 0 Å². The van der Waals surface area contributed by atoms with Gasteiger partial charge in [0.15, 0.2) is 5.82 Å². The van der Waals surface area contributed by atoms with Gasteiger partial charge in [-0.2, -0.15) is 5.10 Å². The molecular formula is C19H14FN5OS. The van der Waals surface area contributed by atoms with Gasteiger partial charge in [0.05, 0.1) is 0 Å². The number of benzene rings is 1. The van der Waals surface area contributed by atoms with Crippen molar-refractivity contribution in [2.75, 3.05) is 0 Å². The number of nitrogens with one attached hydrogen (secondary N) is 1. The topological polar surface area (TPSA) is 72.7 Å². The molecule has 27 heavy (non-hydrogen) atoms. The number of carbonyl (C=O) groups excluding carboxylic acids is 1. The van der Waals surface area contributed by atoms with Crippen molar-refractivity contribution in [3.8, 4) is 16.4 Å². The summed E-state index contributed by atoms with van der Waals surface area (Å²) >= 11 is 1.34. The minimum Gasteiger partial charge on any atom is -0.347 e. The Morgan fingerprint density at radius 1 is 1.19 bits per heavy atom. The molecule has 0 fully saturated rings. The third-order valence-electron chi connectivity index (χ3n) is 3.83. The summed E-state index contributed by atoms with van der Waals surface area (Å²) in [7, 11) is 0. The number of carbonyl (C=O) groups is 1. The predicted molar refractivity (Wildman–Crippen MR) is 100 cm³/mol. The number of halogens is 1. The molecule has 4 aromatic rings. The van der Waals surface area contributed by atoms with Crippen molar-refractivity contribution in [2.45, 2.75) is 6.54 Å². The van der Waals surface area contributed by atoms with Gasteiger partial charge in [-0.3, -0.25) is 4.79 Å². The van der Waals surface area contributed by atoms with Crippen molar-refractivity contribution < 1.29 is 9.18 Å². The molecule has 4 rings (SSSR count). The third-order valence-corrected chi connectivity index (χ3v) is 4.72. The lowest BCUT2D eigenvalue weighted by molar-refractivity contribution is 0.0946. The molecular weight excluding hydrogens is 365 g/mol. The first kappa shape index (κ1) is 17.0. The molecule has 3 aromatic heterocycles. The van der Waals surface area contributed by atoms with Gasteiger partial charge < -0.3 is 5.32 Å². The monoisotopic (exact) mass is 379 g/mol. The number of aromatic nitrogens is 4. The molecule has 1 amide bonds. The van der Waals surface area contributed by atoms with Gasteiger partial charge in [-0.15, -0.1) is 11.3 Å². The minimum atomic E-state index is -0.305. The molecule has 0 aliphatic carbocycles. The van der Waals surface area contributed by atoms with E-state index in [9.17, 15) is 9.18 Å². The second-order valence-corrected chi connectivity index (χ2v) is 6.56. The largest absolute Gasteiger partial charge is 0.347 e. The lowest BCUT2D eigenvalue weighted by Crippen LogP contribution is -2.23. The van der Waals surface area contributed by atoms with Crippen LogP contribution in [-0.2, 0) is 6.54 Å². The van der Waals surface area contributed by atoms with E-state index >= 15 is 0 Å². The van der Waals surface area contributed by atoms with E-state index in [4.69, 9.17) is 0 Å². The molecule has 0 saturated carbocycles. The van der Waals surface area contributed by atoms with Crippen molar-refractivity contribution in [3.05, 3.63) is 83.5 Å². The van der Waals surface area contributed by atoms with Crippen molar-refractivity contribution in [1.82, 2.24) is 25.1 Å². The van der Waals surface area contributed by atoms with Crippen LogP contribution in [0.1, 0.15) is 16.1 Å². The Kier molecular flexibility index (Phi) is 4.71. The standard InChI is InChI=1S/C19H14FN5OS/c20-15-4-2-14(3-5-15)19-24-16(12-27-19)18(26)22-11-13-6-8-21-17(10-13)25-9-1-7-23-25/h1-10,12H,11H2,(H,22,26). The molecule has 1 aromatic carbocycles. The van der Waals surface area contributed by atoms with Crippen LogP contribution in [0, 0.1) is 5.82 Å². The highest BCUT2D eigenvalue weighted by molar-refractivity contribution is 7.13. The van der Waals surface area contributed by atoms with Gasteiger partial charge in [-0.25, -0.2) is 19.0 Å². The molecule has 0 aliphatic heterocycles. The summed E-state index contributed by atoms with van der Waals surface area (Å²) in [6.45, 7) is 0.346. The van der Waals surface area contributed by atoms with Crippen LogP contribution >= 0.6 is 11.3 Å². The van der Waals surface area contributed by atoms with Crippen molar-refractivity contribution in [1.29, 1.82) is 0 Å². The highest BCUT2D eigenvalue weighted by atomic mass is 32.1. The maximum atomic E-state index is 13.0. The fraction of sp³-hybridized carbons (Fsp3) is 0.0526. The molecule has 1 N–H and O–H groups in total. The van der Waals surface area contributed by atoms with Crippen molar-refractivity contribution in [3.63, 3.8) is 0 Å². The number of pyridine rings is 1. The normalized spacial score (nSPS) is 10.7. The molecule has 134 valence electrons. The number of hydrogen-bond donors (Lipinski definition) is 1. The van der Waals surface area contributed by atoms with E-state index in [-0.39, 0.29) is 11.7 Å². The van der Waals surface area contributed by atoms with Crippen LogP contribution in [0.5, 0.6) is 0 Å². The molecule has 0 aliphatic rings. The summed E-state index contributed by atoms with van der Waals surface area (Å²) in [5, 5.41) is 9.35. The van der Waals surface area contributed by atoms with E-state index in [0.29, 0.717) is 23.1 Å². The van der Waals surface area contributed by atoms with Gasteiger partial charge in [0.2, 0.25) is 0 Å². The van der Waals surface area contributed by atoms with Gasteiger partial charge in [0, 0.05) is 36.1 Å². The van der Waals surface area contributed by atoms with Crippen LogP contribution in [0.3, 0.4) is 0 Å². The maximum Gasteiger partial charge on any atom is 0.271 e. The molecule has 6 nitrogen and oxygen atoms in total. The first-order valence-electron chi connectivity index (χ1n) is 8.14. The van der Waals surface area contributed by atoms with Gasteiger partial charge in [-0.05, 0) is 48.0 Å². The van der Waals surface area contributed by atoms with Gasteiger partial charge in [0.25, 0.3) is 5.91 Å².